The zero-order valence-corrected chi connectivity index (χ0v) is 10.5. The monoisotopic (exact) mass is 225 g/mol. The molecule has 0 unspecified atom stereocenters. The Bertz CT molecular complexity index is 291. The second-order valence-electron chi connectivity index (χ2n) is 3.58. The summed E-state index contributed by atoms with van der Waals surface area (Å²) in [6, 6.07) is 8.25. The van der Waals surface area contributed by atoms with E-state index in [2.05, 4.69) is 30.3 Å². The van der Waals surface area contributed by atoms with Crippen molar-refractivity contribution in [3.63, 3.8) is 0 Å². The third kappa shape index (κ3) is 4.58. The minimum Gasteiger partial charge on any atom is -0.497 e. The van der Waals surface area contributed by atoms with E-state index >= 15 is 0 Å². The fourth-order valence-electron chi connectivity index (χ4n) is 1.41. The van der Waals surface area contributed by atoms with Gasteiger partial charge in [-0.1, -0.05) is 12.1 Å². The van der Waals surface area contributed by atoms with Crippen molar-refractivity contribution in [2.45, 2.75) is 6.54 Å². The molecule has 0 spiro atoms. The van der Waals surface area contributed by atoms with Crippen LogP contribution in [0.4, 0.5) is 0 Å². The SMILES string of the molecule is COc1cccc(CN(C)CCSC)c1. The van der Waals surface area contributed by atoms with Gasteiger partial charge in [0.05, 0.1) is 7.11 Å². The lowest BCUT2D eigenvalue weighted by Gasteiger charge is -2.16. The Labute approximate surface area is 96.6 Å². The zero-order chi connectivity index (χ0) is 11.1. The van der Waals surface area contributed by atoms with Crippen molar-refractivity contribution < 1.29 is 4.74 Å². The normalized spacial score (nSPS) is 10.7. The number of benzene rings is 1. The summed E-state index contributed by atoms with van der Waals surface area (Å²) >= 11 is 1.88. The first-order valence-electron chi connectivity index (χ1n) is 5.06. The molecule has 2 nitrogen and oxygen atoms in total. The van der Waals surface area contributed by atoms with Crippen LogP contribution >= 0.6 is 11.8 Å². The van der Waals surface area contributed by atoms with E-state index in [9.17, 15) is 0 Å². The van der Waals surface area contributed by atoms with Crippen molar-refractivity contribution in [2.75, 3.05) is 32.7 Å². The number of ether oxygens (including phenoxy) is 1. The summed E-state index contributed by atoms with van der Waals surface area (Å²) in [4.78, 5) is 2.32. The highest BCUT2D eigenvalue weighted by atomic mass is 32.2. The van der Waals surface area contributed by atoms with Gasteiger partial charge in [0.1, 0.15) is 5.75 Å². The van der Waals surface area contributed by atoms with Crippen LogP contribution in [-0.2, 0) is 6.54 Å². The standard InChI is InChI=1S/C12H19NOS/c1-13(7-8-15-3)10-11-5-4-6-12(9-11)14-2/h4-6,9H,7-8,10H2,1-3H3. The van der Waals surface area contributed by atoms with E-state index in [-0.39, 0.29) is 0 Å². The van der Waals surface area contributed by atoms with Crippen molar-refractivity contribution in [2.24, 2.45) is 0 Å². The number of thioether (sulfide) groups is 1. The third-order valence-corrected chi connectivity index (χ3v) is 2.85. The maximum atomic E-state index is 5.19. The fraction of sp³-hybridized carbons (Fsp3) is 0.500. The van der Waals surface area contributed by atoms with Gasteiger partial charge in [-0.05, 0) is 31.0 Å². The molecule has 84 valence electrons. The number of nitrogens with zero attached hydrogens (tertiary/aromatic N) is 1. The Hall–Kier alpha value is -0.670. The average Bonchev–Trinajstić information content (AvgIpc) is 2.26. The molecule has 1 aromatic carbocycles. The number of rotatable bonds is 6. The van der Waals surface area contributed by atoms with E-state index in [1.54, 1.807) is 7.11 Å². The molecule has 0 radical (unpaired) electrons. The lowest BCUT2D eigenvalue weighted by Crippen LogP contribution is -2.20. The predicted molar refractivity (Wildman–Crippen MR) is 67.7 cm³/mol. The second kappa shape index (κ2) is 6.75. The van der Waals surface area contributed by atoms with Crippen LogP contribution in [0.3, 0.4) is 0 Å². The molecule has 0 atom stereocenters. The fourth-order valence-corrected chi connectivity index (χ4v) is 1.90. The van der Waals surface area contributed by atoms with E-state index in [0.717, 1.165) is 18.8 Å². The molecule has 0 saturated heterocycles. The summed E-state index contributed by atoms with van der Waals surface area (Å²) in [5.41, 5.74) is 1.30. The minimum atomic E-state index is 0.936. The lowest BCUT2D eigenvalue weighted by atomic mass is 10.2. The van der Waals surface area contributed by atoms with E-state index in [4.69, 9.17) is 4.74 Å². The van der Waals surface area contributed by atoms with Gasteiger partial charge in [0.15, 0.2) is 0 Å². The molecule has 3 heteroatoms. The first-order chi connectivity index (χ1) is 7.26. The Kier molecular flexibility index (Phi) is 5.58. The third-order valence-electron chi connectivity index (χ3n) is 2.26. The van der Waals surface area contributed by atoms with Gasteiger partial charge in [-0.25, -0.2) is 0 Å². The van der Waals surface area contributed by atoms with E-state index in [1.165, 1.54) is 11.3 Å². The molecule has 0 aliphatic rings. The summed E-state index contributed by atoms with van der Waals surface area (Å²) in [5.74, 6) is 2.12. The van der Waals surface area contributed by atoms with Crippen molar-refractivity contribution in [3.8, 4) is 5.75 Å². The zero-order valence-electron chi connectivity index (χ0n) is 9.69. The summed E-state index contributed by atoms with van der Waals surface area (Å²) in [6.07, 6.45) is 2.14. The van der Waals surface area contributed by atoms with Gasteiger partial charge in [0.2, 0.25) is 0 Å². The summed E-state index contributed by atoms with van der Waals surface area (Å²) in [6.45, 7) is 2.11. The molecule has 0 N–H and O–H groups in total. The highest BCUT2D eigenvalue weighted by molar-refractivity contribution is 7.98. The largest absolute Gasteiger partial charge is 0.497 e. The molecular weight excluding hydrogens is 206 g/mol. The van der Waals surface area contributed by atoms with Crippen LogP contribution in [0.2, 0.25) is 0 Å². The van der Waals surface area contributed by atoms with Crippen LogP contribution in [0.25, 0.3) is 0 Å². The van der Waals surface area contributed by atoms with Gasteiger partial charge >= 0.3 is 0 Å². The van der Waals surface area contributed by atoms with Gasteiger partial charge in [-0.2, -0.15) is 11.8 Å². The first-order valence-corrected chi connectivity index (χ1v) is 6.46. The molecule has 0 fully saturated rings. The minimum absolute atomic E-state index is 0.936. The molecule has 0 amide bonds. The first kappa shape index (κ1) is 12.4. The van der Waals surface area contributed by atoms with Crippen molar-refractivity contribution in [3.05, 3.63) is 29.8 Å². The van der Waals surface area contributed by atoms with E-state index in [1.807, 2.05) is 23.9 Å². The average molecular weight is 225 g/mol. The van der Waals surface area contributed by atoms with Crippen LogP contribution < -0.4 is 4.74 Å². The van der Waals surface area contributed by atoms with E-state index < -0.39 is 0 Å². The molecular formula is C12H19NOS. The number of hydrogen-bond acceptors (Lipinski definition) is 3. The molecule has 1 aromatic rings. The van der Waals surface area contributed by atoms with Crippen LogP contribution in [0, 0.1) is 0 Å². The quantitative estimate of drug-likeness (QED) is 0.738. The van der Waals surface area contributed by atoms with Gasteiger partial charge in [-0.15, -0.1) is 0 Å². The van der Waals surface area contributed by atoms with E-state index in [0.29, 0.717) is 0 Å². The Morgan fingerprint density at radius 1 is 1.40 bits per heavy atom. The summed E-state index contributed by atoms with van der Waals surface area (Å²) in [5, 5.41) is 0. The molecule has 0 bridgehead atoms. The smallest absolute Gasteiger partial charge is 0.119 e. The second-order valence-corrected chi connectivity index (χ2v) is 4.57. The van der Waals surface area contributed by atoms with Crippen molar-refractivity contribution in [1.29, 1.82) is 0 Å². The number of hydrogen-bond donors (Lipinski definition) is 0. The molecule has 1 rings (SSSR count). The van der Waals surface area contributed by atoms with Crippen LogP contribution in [0.1, 0.15) is 5.56 Å². The molecule has 15 heavy (non-hydrogen) atoms. The Balaban J connectivity index is 2.48. The molecule has 0 heterocycles. The Morgan fingerprint density at radius 3 is 2.87 bits per heavy atom. The van der Waals surface area contributed by atoms with Crippen LogP contribution in [0.15, 0.2) is 24.3 Å². The van der Waals surface area contributed by atoms with Gasteiger partial charge in [0.25, 0.3) is 0 Å². The van der Waals surface area contributed by atoms with Gasteiger partial charge in [0, 0.05) is 18.8 Å². The topological polar surface area (TPSA) is 12.5 Å². The highest BCUT2D eigenvalue weighted by Gasteiger charge is 2.00. The van der Waals surface area contributed by atoms with Gasteiger partial charge < -0.3 is 9.64 Å². The van der Waals surface area contributed by atoms with Crippen molar-refractivity contribution >= 4 is 11.8 Å². The van der Waals surface area contributed by atoms with Crippen LogP contribution in [-0.4, -0.2) is 37.6 Å². The van der Waals surface area contributed by atoms with Gasteiger partial charge in [-0.3, -0.25) is 0 Å². The lowest BCUT2D eigenvalue weighted by molar-refractivity contribution is 0.347. The molecule has 0 saturated carbocycles. The Morgan fingerprint density at radius 2 is 2.20 bits per heavy atom. The molecule has 0 aliphatic heterocycles. The maximum absolute atomic E-state index is 5.19. The molecule has 0 aromatic heterocycles. The molecule has 0 aliphatic carbocycles. The summed E-state index contributed by atoms with van der Waals surface area (Å²) < 4.78 is 5.19. The number of methoxy groups -OCH3 is 1. The maximum Gasteiger partial charge on any atom is 0.119 e. The highest BCUT2D eigenvalue weighted by Crippen LogP contribution is 2.13. The predicted octanol–water partition coefficient (Wildman–Crippen LogP) is 2.49. The summed E-state index contributed by atoms with van der Waals surface area (Å²) in [7, 11) is 3.85. The van der Waals surface area contributed by atoms with Crippen LogP contribution in [0.5, 0.6) is 5.75 Å². The van der Waals surface area contributed by atoms with Crippen molar-refractivity contribution in [1.82, 2.24) is 4.90 Å².